The predicted molar refractivity (Wildman–Crippen MR) is 206 cm³/mol. The van der Waals surface area contributed by atoms with Crippen LogP contribution in [0.5, 0.6) is 11.5 Å². The maximum atomic E-state index is 14.9. The summed E-state index contributed by atoms with van der Waals surface area (Å²) < 4.78 is 46.3. The quantitative estimate of drug-likeness (QED) is 0.344. The van der Waals surface area contributed by atoms with Gasteiger partial charge >= 0.3 is 6.09 Å². The number of hydrogen-bond donors (Lipinski definition) is 3. The van der Waals surface area contributed by atoms with Gasteiger partial charge in [0.05, 0.1) is 30.1 Å². The molecule has 1 spiro atoms. The molecule has 4 heterocycles. The molecule has 8 rings (SSSR count). The lowest BCUT2D eigenvalue weighted by molar-refractivity contribution is -0.143. The number of rotatable bonds is 7. The molecule has 0 radical (unpaired) electrons. The monoisotopic (exact) mass is 791 g/mol. The smallest absolute Gasteiger partial charge is 0.408 e. The van der Waals surface area contributed by atoms with Crippen LogP contribution in [0.15, 0.2) is 30.9 Å². The fourth-order valence-electron chi connectivity index (χ4n) is 8.97. The van der Waals surface area contributed by atoms with Crippen molar-refractivity contribution >= 4 is 44.7 Å². The summed E-state index contributed by atoms with van der Waals surface area (Å²) in [5.74, 6) is -0.794. The number of nitrogens with one attached hydrogen (secondary N) is 3. The molecule has 15 heteroatoms. The van der Waals surface area contributed by atoms with E-state index in [-0.39, 0.29) is 31.4 Å². The maximum absolute atomic E-state index is 14.9. The van der Waals surface area contributed by atoms with Crippen LogP contribution in [-0.4, -0.2) is 90.3 Å². The zero-order valence-corrected chi connectivity index (χ0v) is 33.5. The largest absolute Gasteiger partial charge is 0.497 e. The third-order valence-corrected chi connectivity index (χ3v) is 14.5. The first-order valence-corrected chi connectivity index (χ1v) is 21.6. The van der Waals surface area contributed by atoms with E-state index < -0.39 is 73.6 Å². The molecule has 1 saturated heterocycles. The van der Waals surface area contributed by atoms with Crippen LogP contribution in [-0.2, 0) is 42.0 Å². The van der Waals surface area contributed by atoms with Gasteiger partial charge in [0, 0.05) is 23.3 Å². The number of alkyl carbamates (subject to hydrolysis) is 1. The fraction of sp³-hybridized carbons (Fsp3) is 0.634. The number of nitrogens with zero attached hydrogens (tertiary/aromatic N) is 2. The highest BCUT2D eigenvalue weighted by molar-refractivity contribution is 7.91. The molecule has 14 nitrogen and oxygen atoms in total. The zero-order valence-electron chi connectivity index (χ0n) is 32.6. The van der Waals surface area contributed by atoms with Crippen molar-refractivity contribution in [3.05, 3.63) is 42.1 Å². The van der Waals surface area contributed by atoms with Crippen molar-refractivity contribution in [3.63, 3.8) is 0 Å². The molecule has 56 heavy (non-hydrogen) atoms. The standard InChI is InChI=1S/C41H53N5O9S/c1-6-24-20-41(24,37(49)45-56(51,52)26-13-14-26)44-35(47)31-21-40-17-16-27-28-19-25(53-5)12-15-29(28)42-30(33(27)55-40)11-9-7-8-10-23-18-32(23)54-38(50)43-34(39(2,3)4)36(48)46(31)22-40/h6,12,15,19,23-24,26,31-32,34H,1,7-11,13-14,16-18,20-22H2,2-5H3,(H,43,50)(H,44,47)(H,45,49). The number of sulfonamides is 1. The van der Waals surface area contributed by atoms with Gasteiger partial charge in [-0.1, -0.05) is 39.7 Å². The van der Waals surface area contributed by atoms with Crippen LogP contribution >= 0.6 is 0 Å². The molecule has 4 amide bonds. The highest BCUT2D eigenvalue weighted by atomic mass is 32.2. The van der Waals surface area contributed by atoms with Crippen LogP contribution in [0.1, 0.15) is 96.2 Å². The summed E-state index contributed by atoms with van der Waals surface area (Å²) >= 11 is 0. The highest BCUT2D eigenvalue weighted by Crippen LogP contribution is 2.48. The van der Waals surface area contributed by atoms with E-state index in [0.29, 0.717) is 43.6 Å². The number of fused-ring (bicyclic) bond motifs is 4. The Labute approximate surface area is 327 Å². The Bertz CT molecular complexity index is 2100. The Balaban J connectivity index is 1.17. The van der Waals surface area contributed by atoms with Crippen molar-refractivity contribution in [2.24, 2.45) is 17.3 Å². The lowest BCUT2D eigenvalue weighted by atomic mass is 9.85. The summed E-state index contributed by atoms with van der Waals surface area (Å²) in [4.78, 5) is 63.1. The number of carbonyl (C=O) groups excluding carboxylic acids is 4. The molecule has 4 fully saturated rings. The molecule has 6 aliphatic rings. The summed E-state index contributed by atoms with van der Waals surface area (Å²) in [6.07, 6.45) is 8.12. The molecule has 3 N–H and O–H groups in total. The van der Waals surface area contributed by atoms with E-state index in [1.165, 1.54) is 11.0 Å². The first-order valence-electron chi connectivity index (χ1n) is 20.0. The number of ether oxygens (including phenoxy) is 3. The number of hydrogen-bond acceptors (Lipinski definition) is 10. The van der Waals surface area contributed by atoms with Gasteiger partial charge in [-0.05, 0) is 87.3 Å². The van der Waals surface area contributed by atoms with E-state index in [4.69, 9.17) is 19.2 Å². The molecular weight excluding hydrogens is 739 g/mol. The van der Waals surface area contributed by atoms with E-state index in [9.17, 15) is 27.6 Å². The minimum atomic E-state index is -3.90. The Morgan fingerprint density at radius 2 is 1.89 bits per heavy atom. The average molecular weight is 792 g/mol. The summed E-state index contributed by atoms with van der Waals surface area (Å²) in [6.45, 7) is 9.38. The van der Waals surface area contributed by atoms with Gasteiger partial charge in [0.15, 0.2) is 0 Å². The normalized spacial score (nSPS) is 31.7. The average Bonchev–Trinajstić information content (AvgIpc) is 4.07. The second kappa shape index (κ2) is 13.9. The molecule has 2 aromatic rings. The van der Waals surface area contributed by atoms with E-state index >= 15 is 0 Å². The fourth-order valence-corrected chi connectivity index (χ4v) is 10.3. The molecule has 7 unspecified atom stereocenters. The van der Waals surface area contributed by atoms with E-state index in [2.05, 4.69) is 21.9 Å². The Morgan fingerprint density at radius 1 is 1.11 bits per heavy atom. The number of aryl methyl sites for hydroxylation is 2. The topological polar surface area (TPSA) is 182 Å². The first kappa shape index (κ1) is 38.5. The number of benzene rings is 1. The van der Waals surface area contributed by atoms with Crippen LogP contribution in [0.3, 0.4) is 0 Å². The van der Waals surface area contributed by atoms with Crippen LogP contribution < -0.4 is 24.8 Å². The van der Waals surface area contributed by atoms with Crippen LogP contribution in [0.4, 0.5) is 4.79 Å². The van der Waals surface area contributed by atoms with Gasteiger partial charge in [-0.3, -0.25) is 19.1 Å². The second-order valence-electron chi connectivity index (χ2n) is 17.9. The number of carbonyl (C=O) groups is 4. The molecule has 302 valence electrons. The van der Waals surface area contributed by atoms with Gasteiger partial charge in [-0.25, -0.2) is 18.2 Å². The minimum absolute atomic E-state index is 0.0348. The Hall–Kier alpha value is -4.40. The van der Waals surface area contributed by atoms with E-state index in [1.54, 1.807) is 7.11 Å². The van der Waals surface area contributed by atoms with E-state index in [1.807, 2.05) is 39.0 Å². The second-order valence-corrected chi connectivity index (χ2v) is 19.8. The van der Waals surface area contributed by atoms with Crippen molar-refractivity contribution in [1.82, 2.24) is 25.2 Å². The molecule has 7 atom stereocenters. The zero-order chi connectivity index (χ0) is 39.8. The lowest BCUT2D eigenvalue weighted by Crippen LogP contribution is -2.60. The molecule has 3 aliphatic heterocycles. The Morgan fingerprint density at radius 3 is 2.59 bits per heavy atom. The molecule has 3 saturated carbocycles. The van der Waals surface area contributed by atoms with Gasteiger partial charge < -0.3 is 29.7 Å². The third kappa shape index (κ3) is 7.20. The minimum Gasteiger partial charge on any atom is -0.497 e. The summed E-state index contributed by atoms with van der Waals surface area (Å²) in [7, 11) is -2.28. The summed E-state index contributed by atoms with van der Waals surface area (Å²) in [5.41, 5.74) is -0.651. The highest BCUT2D eigenvalue weighted by Gasteiger charge is 2.63. The first-order chi connectivity index (χ1) is 26.6. The van der Waals surface area contributed by atoms with Crippen molar-refractivity contribution in [2.45, 2.75) is 132 Å². The maximum Gasteiger partial charge on any atom is 0.408 e. The SMILES string of the molecule is C=CC1CC1(NC(=O)C1CC23CCc4c(c(nc5ccc(OC)cc45)CCCCCC4CC4OC(=O)NC(C(C)(C)C)C(=O)N1C2)O3)C(=O)NS(=O)(=O)C1CC1. The predicted octanol–water partition coefficient (Wildman–Crippen LogP) is 4.22. The Kier molecular flexibility index (Phi) is 9.56. The molecule has 1 aromatic carbocycles. The summed E-state index contributed by atoms with van der Waals surface area (Å²) in [5, 5.41) is 6.02. The number of pyridine rings is 1. The molecule has 3 bridgehead atoms. The van der Waals surface area contributed by atoms with Gasteiger partial charge in [-0.15, -0.1) is 6.58 Å². The molecule has 3 aliphatic carbocycles. The van der Waals surface area contributed by atoms with Crippen molar-refractivity contribution in [2.75, 3.05) is 13.7 Å². The van der Waals surface area contributed by atoms with E-state index in [0.717, 1.165) is 54.3 Å². The van der Waals surface area contributed by atoms with Gasteiger partial charge in [0.25, 0.3) is 5.91 Å². The summed E-state index contributed by atoms with van der Waals surface area (Å²) in [6, 6.07) is 3.64. The van der Waals surface area contributed by atoms with Crippen molar-refractivity contribution in [1.29, 1.82) is 0 Å². The number of amides is 4. The van der Waals surface area contributed by atoms with Gasteiger partial charge in [-0.2, -0.15) is 0 Å². The van der Waals surface area contributed by atoms with Crippen LogP contribution in [0.25, 0.3) is 10.9 Å². The van der Waals surface area contributed by atoms with Crippen molar-refractivity contribution in [3.8, 4) is 11.5 Å². The number of aromatic nitrogens is 1. The molecular formula is C41H53N5O9S. The van der Waals surface area contributed by atoms with Crippen LogP contribution in [0.2, 0.25) is 0 Å². The third-order valence-electron chi connectivity index (χ3n) is 12.7. The molecule has 1 aromatic heterocycles. The van der Waals surface area contributed by atoms with Crippen molar-refractivity contribution < 1.29 is 41.8 Å². The van der Waals surface area contributed by atoms with Gasteiger partial charge in [0.2, 0.25) is 21.8 Å². The van der Waals surface area contributed by atoms with Crippen LogP contribution in [0, 0.1) is 17.3 Å². The lowest BCUT2D eigenvalue weighted by Gasteiger charge is -2.38. The number of methoxy groups -OCH3 is 1. The van der Waals surface area contributed by atoms with Gasteiger partial charge in [0.1, 0.15) is 40.8 Å².